The van der Waals surface area contributed by atoms with Gasteiger partial charge in [-0.2, -0.15) is 5.10 Å². The quantitative estimate of drug-likeness (QED) is 0.686. The summed E-state index contributed by atoms with van der Waals surface area (Å²) < 4.78 is 5.07. The van der Waals surface area contributed by atoms with Gasteiger partial charge in [0.1, 0.15) is 5.76 Å². The maximum Gasteiger partial charge on any atom is 0.254 e. The molecule has 2 heterocycles. The molecule has 1 aliphatic rings. The van der Waals surface area contributed by atoms with Gasteiger partial charge >= 0.3 is 0 Å². The average molecular weight is 306 g/mol. The topological polar surface area (TPSA) is 57.8 Å². The molecule has 0 atom stereocenters. The number of piperidine rings is 1. The molecule has 1 fully saturated rings. The lowest BCUT2D eigenvalue weighted by molar-refractivity contribution is -0.122. The highest BCUT2D eigenvalue weighted by Crippen LogP contribution is 2.11. The number of amides is 1. The zero-order valence-corrected chi connectivity index (χ0v) is 12.0. The van der Waals surface area contributed by atoms with Gasteiger partial charge in [-0.25, -0.2) is 5.43 Å². The molecular formula is C12H17Cl2N3O2. The highest BCUT2D eigenvalue weighted by molar-refractivity contribution is 6.28. The zero-order valence-electron chi connectivity index (χ0n) is 10.5. The van der Waals surface area contributed by atoms with Crippen molar-refractivity contribution in [3.8, 4) is 0 Å². The van der Waals surface area contributed by atoms with E-state index in [0.29, 0.717) is 17.5 Å². The van der Waals surface area contributed by atoms with Gasteiger partial charge in [-0.05, 0) is 49.7 Å². The molecule has 1 aromatic rings. The van der Waals surface area contributed by atoms with E-state index in [9.17, 15) is 4.79 Å². The van der Waals surface area contributed by atoms with E-state index in [-0.39, 0.29) is 18.3 Å². The number of hydrazone groups is 1. The van der Waals surface area contributed by atoms with Crippen LogP contribution in [0.5, 0.6) is 0 Å². The molecule has 0 radical (unpaired) electrons. The fraction of sp³-hybridized carbons (Fsp3) is 0.500. The Hall–Kier alpha value is -1.04. The fourth-order valence-corrected chi connectivity index (χ4v) is 2.07. The second-order valence-electron chi connectivity index (χ2n) is 4.27. The summed E-state index contributed by atoms with van der Waals surface area (Å²) in [7, 11) is 0. The third-order valence-corrected chi connectivity index (χ3v) is 2.99. The van der Waals surface area contributed by atoms with Crippen LogP contribution in [0.1, 0.15) is 25.0 Å². The molecule has 0 aromatic carbocycles. The highest BCUT2D eigenvalue weighted by Gasteiger charge is 2.13. The molecule has 106 valence electrons. The smallest absolute Gasteiger partial charge is 0.254 e. The van der Waals surface area contributed by atoms with Crippen molar-refractivity contribution in [2.45, 2.75) is 19.3 Å². The van der Waals surface area contributed by atoms with Crippen molar-refractivity contribution in [2.75, 3.05) is 19.6 Å². The van der Waals surface area contributed by atoms with Gasteiger partial charge in [0.15, 0.2) is 5.22 Å². The van der Waals surface area contributed by atoms with Crippen LogP contribution in [0, 0.1) is 0 Å². The molecule has 1 aliphatic heterocycles. The fourth-order valence-electron chi connectivity index (χ4n) is 1.92. The number of nitrogens with one attached hydrogen (secondary N) is 1. The normalized spacial score (nSPS) is 16.3. The number of rotatable bonds is 4. The van der Waals surface area contributed by atoms with E-state index in [4.69, 9.17) is 16.0 Å². The van der Waals surface area contributed by atoms with Crippen LogP contribution in [0.25, 0.3) is 0 Å². The van der Waals surface area contributed by atoms with Crippen molar-refractivity contribution in [1.82, 2.24) is 10.3 Å². The monoisotopic (exact) mass is 305 g/mol. The lowest BCUT2D eigenvalue weighted by Gasteiger charge is -2.25. The lowest BCUT2D eigenvalue weighted by Crippen LogP contribution is -2.38. The van der Waals surface area contributed by atoms with E-state index in [1.165, 1.54) is 25.5 Å². The van der Waals surface area contributed by atoms with Crippen molar-refractivity contribution >= 4 is 36.1 Å². The van der Waals surface area contributed by atoms with Gasteiger partial charge in [0.25, 0.3) is 5.91 Å². The lowest BCUT2D eigenvalue weighted by atomic mass is 10.1. The van der Waals surface area contributed by atoms with Crippen LogP contribution < -0.4 is 5.43 Å². The number of furan rings is 1. The number of halogens is 2. The number of carbonyl (C=O) groups excluding carboxylic acids is 1. The van der Waals surface area contributed by atoms with Gasteiger partial charge in [-0.3, -0.25) is 9.69 Å². The summed E-state index contributed by atoms with van der Waals surface area (Å²) in [6.45, 7) is 2.38. The van der Waals surface area contributed by atoms with Gasteiger partial charge in [0.05, 0.1) is 12.8 Å². The first kappa shape index (κ1) is 16.0. The largest absolute Gasteiger partial charge is 0.444 e. The minimum Gasteiger partial charge on any atom is -0.444 e. The summed E-state index contributed by atoms with van der Waals surface area (Å²) in [5, 5.41) is 4.12. The maximum atomic E-state index is 11.6. The first-order chi connectivity index (χ1) is 8.74. The first-order valence-electron chi connectivity index (χ1n) is 6.03. The van der Waals surface area contributed by atoms with E-state index in [0.717, 1.165) is 13.1 Å². The summed E-state index contributed by atoms with van der Waals surface area (Å²) in [6, 6.07) is 3.31. The molecule has 0 spiro atoms. The Bertz CT molecular complexity index is 428. The van der Waals surface area contributed by atoms with Gasteiger partial charge < -0.3 is 4.42 Å². The van der Waals surface area contributed by atoms with E-state index >= 15 is 0 Å². The van der Waals surface area contributed by atoms with Crippen LogP contribution >= 0.6 is 24.0 Å². The van der Waals surface area contributed by atoms with Crippen molar-refractivity contribution in [1.29, 1.82) is 0 Å². The second-order valence-corrected chi connectivity index (χ2v) is 4.64. The molecule has 1 aromatic heterocycles. The third-order valence-electron chi connectivity index (χ3n) is 2.79. The molecule has 5 nitrogen and oxygen atoms in total. The van der Waals surface area contributed by atoms with E-state index in [2.05, 4.69) is 15.4 Å². The van der Waals surface area contributed by atoms with Gasteiger partial charge in [0, 0.05) is 0 Å². The number of hydrogen-bond donors (Lipinski definition) is 1. The van der Waals surface area contributed by atoms with Crippen molar-refractivity contribution in [2.24, 2.45) is 5.10 Å². The van der Waals surface area contributed by atoms with Crippen molar-refractivity contribution < 1.29 is 9.21 Å². The Morgan fingerprint density at radius 3 is 2.79 bits per heavy atom. The summed E-state index contributed by atoms with van der Waals surface area (Å²) in [6.07, 6.45) is 5.03. The predicted octanol–water partition coefficient (Wildman–Crippen LogP) is 2.29. The zero-order chi connectivity index (χ0) is 12.8. The highest BCUT2D eigenvalue weighted by atomic mass is 35.5. The van der Waals surface area contributed by atoms with E-state index in [1.807, 2.05) is 0 Å². The Kier molecular flexibility index (Phi) is 6.91. The average Bonchev–Trinajstić information content (AvgIpc) is 2.76. The molecule has 1 N–H and O–H groups in total. The Morgan fingerprint density at radius 2 is 2.16 bits per heavy atom. The molecule has 0 saturated carbocycles. The Labute approximate surface area is 123 Å². The maximum absolute atomic E-state index is 11.6. The first-order valence-corrected chi connectivity index (χ1v) is 6.41. The molecule has 19 heavy (non-hydrogen) atoms. The number of likely N-dealkylation sites (tertiary alicyclic amines) is 1. The summed E-state index contributed by atoms with van der Waals surface area (Å²) >= 11 is 5.61. The van der Waals surface area contributed by atoms with Gasteiger partial charge in [-0.15, -0.1) is 12.4 Å². The number of hydrogen-bond acceptors (Lipinski definition) is 4. The van der Waals surface area contributed by atoms with Crippen LogP contribution in [0.2, 0.25) is 5.22 Å². The van der Waals surface area contributed by atoms with Crippen LogP contribution in [-0.2, 0) is 4.79 Å². The van der Waals surface area contributed by atoms with Crippen LogP contribution in [0.4, 0.5) is 0 Å². The molecule has 0 bridgehead atoms. The minimum atomic E-state index is -0.106. The number of carbonyl (C=O) groups is 1. The summed E-state index contributed by atoms with van der Waals surface area (Å²) in [4.78, 5) is 13.7. The molecule has 1 amide bonds. The molecule has 2 rings (SSSR count). The molecule has 7 heteroatoms. The van der Waals surface area contributed by atoms with E-state index < -0.39 is 0 Å². The van der Waals surface area contributed by atoms with Crippen LogP contribution in [-0.4, -0.2) is 36.7 Å². The summed E-state index contributed by atoms with van der Waals surface area (Å²) in [5.74, 6) is 0.407. The standard InChI is InChI=1S/C12H16ClN3O2.ClH/c13-11-5-4-10(18-11)8-14-15-12(17)9-16-6-2-1-3-7-16;/h4-5,8H,1-3,6-7,9H2,(H,15,17);1H/b14-8+;. The van der Waals surface area contributed by atoms with E-state index in [1.54, 1.807) is 12.1 Å². The van der Waals surface area contributed by atoms with Crippen LogP contribution in [0.3, 0.4) is 0 Å². The molecule has 0 aliphatic carbocycles. The predicted molar refractivity (Wildman–Crippen MR) is 77.0 cm³/mol. The van der Waals surface area contributed by atoms with Crippen LogP contribution in [0.15, 0.2) is 21.7 Å². The Morgan fingerprint density at radius 1 is 1.42 bits per heavy atom. The van der Waals surface area contributed by atoms with Gasteiger partial charge in [-0.1, -0.05) is 6.42 Å². The second kappa shape index (κ2) is 8.19. The van der Waals surface area contributed by atoms with Gasteiger partial charge in [0.2, 0.25) is 0 Å². The minimum absolute atomic E-state index is 0. The molecule has 1 saturated heterocycles. The summed E-state index contributed by atoms with van der Waals surface area (Å²) in [5.41, 5.74) is 2.47. The SMILES string of the molecule is Cl.O=C(CN1CCCCC1)N/N=C/c1ccc(Cl)o1. The Balaban J connectivity index is 0.00000180. The number of nitrogens with zero attached hydrogens (tertiary/aromatic N) is 2. The molecular weight excluding hydrogens is 289 g/mol. The van der Waals surface area contributed by atoms with Crippen molar-refractivity contribution in [3.05, 3.63) is 23.1 Å². The third kappa shape index (κ3) is 5.63. The van der Waals surface area contributed by atoms with Crippen molar-refractivity contribution in [3.63, 3.8) is 0 Å². The molecule has 0 unspecified atom stereocenters.